The molecule has 3 aromatic heterocycles. The molecule has 0 N–H and O–H groups in total. The topological polar surface area (TPSA) is 91.4 Å². The van der Waals surface area contributed by atoms with Gasteiger partial charge in [0.25, 0.3) is 5.56 Å². The lowest BCUT2D eigenvalue weighted by atomic mass is 10.2. The summed E-state index contributed by atoms with van der Waals surface area (Å²) in [4.78, 5) is 24.6. The second kappa shape index (κ2) is 5.92. The first-order chi connectivity index (χ1) is 12.5. The van der Waals surface area contributed by atoms with Crippen LogP contribution in [0.25, 0.3) is 22.4 Å². The van der Waals surface area contributed by atoms with Crippen LogP contribution in [0.3, 0.4) is 0 Å². The van der Waals surface area contributed by atoms with E-state index in [1.165, 1.54) is 22.4 Å². The molecule has 0 amide bonds. The Hall–Kier alpha value is -3.26. The third-order valence-corrected chi connectivity index (χ3v) is 4.51. The summed E-state index contributed by atoms with van der Waals surface area (Å²) in [5, 5.41) is 12.7. The molecule has 0 atom stereocenters. The number of ether oxygens (including phenoxy) is 1. The first-order valence-corrected chi connectivity index (χ1v) is 7.99. The Morgan fingerprint density at radius 2 is 2.04 bits per heavy atom. The number of fused-ring (bicyclic) bond motifs is 3. The number of rotatable bonds is 2. The Bertz CT molecular complexity index is 1240. The van der Waals surface area contributed by atoms with Crippen LogP contribution >= 0.6 is 11.6 Å². The molecule has 8 nitrogen and oxygen atoms in total. The third-order valence-electron chi connectivity index (χ3n) is 4.10. The molecule has 0 unspecified atom stereocenters. The summed E-state index contributed by atoms with van der Waals surface area (Å²) in [5.41, 5.74) is 2.12. The molecule has 4 aromatic rings. The van der Waals surface area contributed by atoms with Crippen molar-refractivity contribution in [2.24, 2.45) is 0 Å². The number of aryl methyl sites for hydroxylation is 1. The number of nitrogens with zero attached hydrogens (tertiary/aromatic N) is 5. The Morgan fingerprint density at radius 3 is 2.77 bits per heavy atom. The standard InChI is InChI=1S/C17H12ClN5O3/c1-9-3-4-10(7-12(9)18)22-6-5-13-14(16(22)24)20-21-15-11(17(25)26-2)8-19-23(13)15/h3-8H,1-2H3. The Kier molecular flexibility index (Phi) is 3.69. The molecule has 0 aliphatic carbocycles. The zero-order valence-electron chi connectivity index (χ0n) is 13.8. The third kappa shape index (κ3) is 2.34. The molecule has 0 saturated carbocycles. The van der Waals surface area contributed by atoms with Crippen molar-refractivity contribution in [2.75, 3.05) is 7.11 Å². The first-order valence-electron chi connectivity index (χ1n) is 7.62. The molecule has 130 valence electrons. The van der Waals surface area contributed by atoms with Crippen LogP contribution in [0, 0.1) is 6.92 Å². The van der Waals surface area contributed by atoms with Gasteiger partial charge in [0.1, 0.15) is 11.1 Å². The number of pyridine rings is 1. The fraction of sp³-hybridized carbons (Fsp3) is 0.118. The van der Waals surface area contributed by atoms with Crippen LogP contribution in [-0.4, -0.2) is 37.5 Å². The molecule has 3 heterocycles. The van der Waals surface area contributed by atoms with Crippen molar-refractivity contribution >= 4 is 34.3 Å². The average Bonchev–Trinajstić information content (AvgIpc) is 3.08. The average molecular weight is 370 g/mol. The SMILES string of the molecule is COC(=O)c1cnn2c1nnc1c(=O)n(-c3ccc(C)c(Cl)c3)ccc12. The second-order valence-electron chi connectivity index (χ2n) is 5.64. The minimum atomic E-state index is -0.573. The van der Waals surface area contributed by atoms with Crippen molar-refractivity contribution in [2.45, 2.75) is 6.92 Å². The molecule has 0 radical (unpaired) electrons. The lowest BCUT2D eigenvalue weighted by molar-refractivity contribution is 0.0602. The van der Waals surface area contributed by atoms with Gasteiger partial charge in [-0.05, 0) is 30.7 Å². The number of carbonyl (C=O) groups is 1. The summed E-state index contributed by atoms with van der Waals surface area (Å²) in [6.07, 6.45) is 2.94. The molecule has 0 bridgehead atoms. The Labute approximate surface area is 151 Å². The van der Waals surface area contributed by atoms with Gasteiger partial charge in [-0.2, -0.15) is 5.10 Å². The number of esters is 1. The minimum Gasteiger partial charge on any atom is -0.465 e. The summed E-state index contributed by atoms with van der Waals surface area (Å²) in [5.74, 6) is -0.573. The smallest absolute Gasteiger partial charge is 0.343 e. The van der Waals surface area contributed by atoms with Crippen LogP contribution in [0.15, 0.2) is 41.5 Å². The van der Waals surface area contributed by atoms with E-state index >= 15 is 0 Å². The summed E-state index contributed by atoms with van der Waals surface area (Å²) in [7, 11) is 1.27. The molecule has 0 spiro atoms. The number of methoxy groups -OCH3 is 1. The molecule has 0 fully saturated rings. The minimum absolute atomic E-state index is 0.121. The van der Waals surface area contributed by atoms with Gasteiger partial charge in [-0.25, -0.2) is 9.31 Å². The maximum Gasteiger partial charge on any atom is 0.343 e. The molecule has 1 aromatic carbocycles. The zero-order valence-corrected chi connectivity index (χ0v) is 14.6. The maximum absolute atomic E-state index is 12.9. The van der Waals surface area contributed by atoms with Gasteiger partial charge < -0.3 is 4.74 Å². The van der Waals surface area contributed by atoms with Crippen molar-refractivity contribution in [1.29, 1.82) is 0 Å². The highest BCUT2D eigenvalue weighted by Gasteiger charge is 2.18. The van der Waals surface area contributed by atoms with Crippen LogP contribution in [0.5, 0.6) is 0 Å². The number of carbonyl (C=O) groups excluding carboxylic acids is 1. The van der Waals surface area contributed by atoms with Gasteiger partial charge in [0.2, 0.25) is 0 Å². The van der Waals surface area contributed by atoms with Crippen molar-refractivity contribution in [3.8, 4) is 5.69 Å². The largest absolute Gasteiger partial charge is 0.465 e. The van der Waals surface area contributed by atoms with Gasteiger partial charge in [0.05, 0.1) is 19.0 Å². The van der Waals surface area contributed by atoms with Gasteiger partial charge in [-0.3, -0.25) is 9.36 Å². The van der Waals surface area contributed by atoms with Gasteiger partial charge in [0.15, 0.2) is 11.2 Å². The quantitative estimate of drug-likeness (QED) is 0.503. The highest BCUT2D eigenvalue weighted by atomic mass is 35.5. The predicted octanol–water partition coefficient (Wildman–Crippen LogP) is 2.18. The lowest BCUT2D eigenvalue weighted by Crippen LogP contribution is -2.20. The Morgan fingerprint density at radius 1 is 1.23 bits per heavy atom. The van der Waals surface area contributed by atoms with Gasteiger partial charge in [0, 0.05) is 11.2 Å². The predicted molar refractivity (Wildman–Crippen MR) is 95.0 cm³/mol. The van der Waals surface area contributed by atoms with E-state index in [0.29, 0.717) is 16.2 Å². The molecule has 0 aliphatic rings. The van der Waals surface area contributed by atoms with Gasteiger partial charge in [-0.15, -0.1) is 10.2 Å². The highest BCUT2D eigenvalue weighted by Crippen LogP contribution is 2.20. The van der Waals surface area contributed by atoms with Crippen LogP contribution in [0.1, 0.15) is 15.9 Å². The molecule has 4 rings (SSSR count). The fourth-order valence-corrected chi connectivity index (χ4v) is 2.86. The molecular formula is C17H12ClN5O3. The van der Waals surface area contributed by atoms with E-state index in [0.717, 1.165) is 5.56 Å². The Balaban J connectivity index is 1.96. The maximum atomic E-state index is 12.9. The monoisotopic (exact) mass is 369 g/mol. The highest BCUT2D eigenvalue weighted by molar-refractivity contribution is 6.31. The van der Waals surface area contributed by atoms with E-state index in [2.05, 4.69) is 15.3 Å². The molecule has 0 aliphatic heterocycles. The van der Waals surface area contributed by atoms with Crippen molar-refractivity contribution in [1.82, 2.24) is 24.4 Å². The van der Waals surface area contributed by atoms with Gasteiger partial charge >= 0.3 is 5.97 Å². The summed E-state index contributed by atoms with van der Waals surface area (Å²) in [6.45, 7) is 1.88. The van der Waals surface area contributed by atoms with Crippen molar-refractivity contribution < 1.29 is 9.53 Å². The van der Waals surface area contributed by atoms with Crippen LogP contribution < -0.4 is 5.56 Å². The van der Waals surface area contributed by atoms with E-state index in [4.69, 9.17) is 16.3 Å². The van der Waals surface area contributed by atoms with E-state index in [9.17, 15) is 9.59 Å². The first kappa shape index (κ1) is 16.2. The molecule has 0 saturated heterocycles. The van der Waals surface area contributed by atoms with Crippen LogP contribution in [0.4, 0.5) is 0 Å². The van der Waals surface area contributed by atoms with Gasteiger partial charge in [-0.1, -0.05) is 17.7 Å². The molecular weight excluding hydrogens is 358 g/mol. The van der Waals surface area contributed by atoms with E-state index in [1.807, 2.05) is 13.0 Å². The summed E-state index contributed by atoms with van der Waals surface area (Å²) < 4.78 is 7.52. The van der Waals surface area contributed by atoms with Crippen molar-refractivity contribution in [3.05, 3.63) is 63.2 Å². The van der Waals surface area contributed by atoms with Crippen LogP contribution in [0.2, 0.25) is 5.02 Å². The number of benzene rings is 1. The number of halogens is 1. The molecule has 9 heteroatoms. The molecule has 26 heavy (non-hydrogen) atoms. The lowest BCUT2D eigenvalue weighted by Gasteiger charge is -2.08. The van der Waals surface area contributed by atoms with E-state index in [-0.39, 0.29) is 22.3 Å². The second-order valence-corrected chi connectivity index (χ2v) is 6.05. The zero-order chi connectivity index (χ0) is 18.4. The fourth-order valence-electron chi connectivity index (χ4n) is 2.68. The van der Waals surface area contributed by atoms with E-state index < -0.39 is 5.97 Å². The summed E-state index contributed by atoms with van der Waals surface area (Å²) in [6, 6.07) is 7.02. The number of hydrogen-bond acceptors (Lipinski definition) is 6. The normalized spacial score (nSPS) is 11.2. The van der Waals surface area contributed by atoms with E-state index in [1.54, 1.807) is 24.4 Å². The van der Waals surface area contributed by atoms with Crippen LogP contribution in [-0.2, 0) is 4.74 Å². The summed E-state index contributed by atoms with van der Waals surface area (Å²) >= 11 is 6.16. The number of hydrogen-bond donors (Lipinski definition) is 0. The van der Waals surface area contributed by atoms with Crippen molar-refractivity contribution in [3.63, 3.8) is 0 Å². The number of aromatic nitrogens is 5.